The van der Waals surface area contributed by atoms with Crippen molar-refractivity contribution >= 4 is 15.9 Å². The van der Waals surface area contributed by atoms with Gasteiger partial charge in [0.2, 0.25) is 0 Å². The van der Waals surface area contributed by atoms with Crippen LogP contribution in [0.4, 0.5) is 8.78 Å². The molecule has 0 bridgehead atoms. The molecule has 74 valence electrons. The number of aromatic nitrogens is 1. The van der Waals surface area contributed by atoms with Gasteiger partial charge in [0.1, 0.15) is 11.8 Å². The summed E-state index contributed by atoms with van der Waals surface area (Å²) in [4.78, 5) is 3.91. The molecule has 0 aliphatic carbocycles. The Hall–Kier alpha value is -1.02. The van der Waals surface area contributed by atoms with Crippen LogP contribution in [0.2, 0.25) is 0 Å². The molecule has 0 saturated carbocycles. The summed E-state index contributed by atoms with van der Waals surface area (Å²) in [5, 5.41) is 8.95. The lowest BCUT2D eigenvalue weighted by Crippen LogP contribution is -2.00. The molecule has 0 fully saturated rings. The van der Waals surface area contributed by atoms with E-state index in [2.05, 4.69) is 20.9 Å². The summed E-state index contributed by atoms with van der Waals surface area (Å²) in [5.74, 6) is 0. The number of rotatable bonds is 2. The SMILES string of the molecule is Cc1c(C(F)F)cc(C#N)nc1CBr. The lowest BCUT2D eigenvalue weighted by molar-refractivity contribution is 0.150. The van der Waals surface area contributed by atoms with Crippen LogP contribution in [0.25, 0.3) is 0 Å². The molecule has 0 unspecified atom stereocenters. The Labute approximate surface area is 88.7 Å². The van der Waals surface area contributed by atoms with Gasteiger partial charge in [-0.3, -0.25) is 0 Å². The van der Waals surface area contributed by atoms with E-state index < -0.39 is 6.43 Å². The predicted molar refractivity (Wildman–Crippen MR) is 51.3 cm³/mol. The van der Waals surface area contributed by atoms with Crippen LogP contribution in [-0.2, 0) is 5.33 Å². The molecule has 1 aromatic rings. The number of nitriles is 1. The second kappa shape index (κ2) is 4.47. The summed E-state index contributed by atoms with van der Waals surface area (Å²) < 4.78 is 25.0. The molecule has 0 amide bonds. The second-order valence-electron chi connectivity index (χ2n) is 2.71. The number of pyridine rings is 1. The summed E-state index contributed by atoms with van der Waals surface area (Å²) in [6, 6.07) is 2.89. The fourth-order valence-corrected chi connectivity index (χ4v) is 1.64. The van der Waals surface area contributed by atoms with Gasteiger partial charge in [-0.2, -0.15) is 5.26 Å². The quantitative estimate of drug-likeness (QED) is 0.767. The first-order chi connectivity index (χ1) is 6.60. The number of nitrogens with zero attached hydrogens (tertiary/aromatic N) is 2. The fourth-order valence-electron chi connectivity index (χ4n) is 1.10. The molecular weight excluding hydrogens is 254 g/mol. The van der Waals surface area contributed by atoms with E-state index in [0.29, 0.717) is 16.6 Å². The van der Waals surface area contributed by atoms with Gasteiger partial charge >= 0.3 is 0 Å². The largest absolute Gasteiger partial charge is 0.264 e. The van der Waals surface area contributed by atoms with Crippen molar-refractivity contribution in [3.63, 3.8) is 0 Å². The molecule has 1 heterocycles. The Kier molecular flexibility index (Phi) is 3.53. The van der Waals surface area contributed by atoms with Crippen molar-refractivity contribution < 1.29 is 8.78 Å². The molecule has 5 heteroatoms. The zero-order chi connectivity index (χ0) is 10.7. The first-order valence-electron chi connectivity index (χ1n) is 3.84. The number of alkyl halides is 3. The maximum atomic E-state index is 12.5. The monoisotopic (exact) mass is 260 g/mol. The molecular formula is C9H7BrF2N2. The molecule has 14 heavy (non-hydrogen) atoms. The average molecular weight is 261 g/mol. The second-order valence-corrected chi connectivity index (χ2v) is 3.28. The lowest BCUT2D eigenvalue weighted by atomic mass is 10.1. The molecule has 0 aliphatic rings. The topological polar surface area (TPSA) is 36.7 Å². The van der Waals surface area contributed by atoms with Gasteiger partial charge in [0, 0.05) is 10.9 Å². The highest BCUT2D eigenvalue weighted by Crippen LogP contribution is 2.25. The van der Waals surface area contributed by atoms with Gasteiger partial charge in [0.25, 0.3) is 6.43 Å². The Balaban J connectivity index is 3.36. The van der Waals surface area contributed by atoms with Crippen LogP contribution < -0.4 is 0 Å². The Morgan fingerprint density at radius 1 is 1.64 bits per heavy atom. The summed E-state index contributed by atoms with van der Waals surface area (Å²) in [5.41, 5.74) is 0.835. The summed E-state index contributed by atoms with van der Waals surface area (Å²) in [7, 11) is 0. The number of hydrogen-bond acceptors (Lipinski definition) is 2. The van der Waals surface area contributed by atoms with E-state index in [9.17, 15) is 8.78 Å². The van der Waals surface area contributed by atoms with E-state index >= 15 is 0 Å². The van der Waals surface area contributed by atoms with Crippen LogP contribution >= 0.6 is 15.9 Å². The third-order valence-electron chi connectivity index (χ3n) is 1.89. The average Bonchev–Trinajstić information content (AvgIpc) is 2.17. The molecule has 2 nitrogen and oxygen atoms in total. The smallest absolute Gasteiger partial charge is 0.241 e. The van der Waals surface area contributed by atoms with Crippen molar-refractivity contribution in [3.05, 3.63) is 28.6 Å². The van der Waals surface area contributed by atoms with E-state index in [1.165, 1.54) is 0 Å². The van der Waals surface area contributed by atoms with Crippen LogP contribution in [0, 0.1) is 18.3 Å². The van der Waals surface area contributed by atoms with Crippen LogP contribution in [0.5, 0.6) is 0 Å². The van der Waals surface area contributed by atoms with Gasteiger partial charge < -0.3 is 0 Å². The molecule has 0 radical (unpaired) electrons. The van der Waals surface area contributed by atoms with E-state index in [1.807, 2.05) is 0 Å². The van der Waals surface area contributed by atoms with Crippen molar-refractivity contribution in [2.75, 3.05) is 0 Å². The van der Waals surface area contributed by atoms with Crippen molar-refractivity contribution in [2.24, 2.45) is 0 Å². The third-order valence-corrected chi connectivity index (χ3v) is 2.42. The van der Waals surface area contributed by atoms with Gasteiger partial charge in [-0.05, 0) is 18.6 Å². The standard InChI is InChI=1S/C9H7BrF2N2/c1-5-7(9(11)12)2-6(4-13)14-8(5)3-10/h2,9H,3H2,1H3. The van der Waals surface area contributed by atoms with Crippen molar-refractivity contribution in [1.82, 2.24) is 4.98 Å². The van der Waals surface area contributed by atoms with Crippen LogP contribution in [0.1, 0.15) is 28.9 Å². The number of halogens is 3. The maximum absolute atomic E-state index is 12.5. The molecule has 0 saturated heterocycles. The molecule has 0 aliphatic heterocycles. The Bertz CT molecular complexity index is 385. The van der Waals surface area contributed by atoms with Gasteiger partial charge in [0.15, 0.2) is 0 Å². The van der Waals surface area contributed by atoms with Gasteiger partial charge in [0.05, 0.1) is 5.69 Å². The highest BCUT2D eigenvalue weighted by Gasteiger charge is 2.15. The zero-order valence-electron chi connectivity index (χ0n) is 7.39. The van der Waals surface area contributed by atoms with E-state index in [1.54, 1.807) is 13.0 Å². The van der Waals surface area contributed by atoms with Crippen LogP contribution in [-0.4, -0.2) is 4.98 Å². The van der Waals surface area contributed by atoms with Crippen molar-refractivity contribution in [1.29, 1.82) is 5.26 Å². The maximum Gasteiger partial charge on any atom is 0.264 e. The van der Waals surface area contributed by atoms with Crippen LogP contribution in [0.15, 0.2) is 6.07 Å². The van der Waals surface area contributed by atoms with E-state index in [-0.39, 0.29) is 11.3 Å². The lowest BCUT2D eigenvalue weighted by Gasteiger charge is -2.08. The summed E-state index contributed by atoms with van der Waals surface area (Å²) in [6.07, 6.45) is -2.57. The normalized spacial score (nSPS) is 10.3. The van der Waals surface area contributed by atoms with Crippen LogP contribution in [0.3, 0.4) is 0 Å². The van der Waals surface area contributed by atoms with E-state index in [4.69, 9.17) is 5.26 Å². The molecule has 0 N–H and O–H groups in total. The van der Waals surface area contributed by atoms with Gasteiger partial charge in [-0.1, -0.05) is 15.9 Å². The molecule has 0 spiro atoms. The summed E-state index contributed by atoms with van der Waals surface area (Å²) >= 11 is 3.14. The van der Waals surface area contributed by atoms with Gasteiger partial charge in [-0.25, -0.2) is 13.8 Å². The van der Waals surface area contributed by atoms with E-state index in [0.717, 1.165) is 6.07 Å². The van der Waals surface area contributed by atoms with Gasteiger partial charge in [-0.15, -0.1) is 0 Å². The minimum absolute atomic E-state index is 0.0281. The number of hydrogen-bond donors (Lipinski definition) is 0. The predicted octanol–water partition coefficient (Wildman–Crippen LogP) is 3.09. The first-order valence-corrected chi connectivity index (χ1v) is 4.97. The summed E-state index contributed by atoms with van der Waals surface area (Å²) in [6.45, 7) is 1.58. The minimum atomic E-state index is -2.57. The molecule has 0 aromatic carbocycles. The third kappa shape index (κ3) is 2.07. The first kappa shape index (κ1) is 11.1. The van der Waals surface area contributed by atoms with Crippen molar-refractivity contribution in [2.45, 2.75) is 18.7 Å². The highest BCUT2D eigenvalue weighted by molar-refractivity contribution is 9.08. The molecule has 1 rings (SSSR count). The zero-order valence-corrected chi connectivity index (χ0v) is 8.98. The fraction of sp³-hybridized carbons (Fsp3) is 0.333. The highest BCUT2D eigenvalue weighted by atomic mass is 79.9. The van der Waals surface area contributed by atoms with Crippen molar-refractivity contribution in [3.8, 4) is 6.07 Å². The molecule has 0 atom stereocenters. The Morgan fingerprint density at radius 3 is 2.71 bits per heavy atom. The molecule has 1 aromatic heterocycles. The Morgan fingerprint density at radius 2 is 2.29 bits per heavy atom. The minimum Gasteiger partial charge on any atom is -0.241 e.